The van der Waals surface area contributed by atoms with Crippen LogP contribution in [-0.4, -0.2) is 19.3 Å². The van der Waals surface area contributed by atoms with E-state index in [1.54, 1.807) is 12.3 Å². The first-order chi connectivity index (χ1) is 7.81. The van der Waals surface area contributed by atoms with Crippen molar-refractivity contribution in [3.63, 3.8) is 0 Å². The van der Waals surface area contributed by atoms with E-state index in [1.807, 2.05) is 13.0 Å². The van der Waals surface area contributed by atoms with Crippen LogP contribution in [0.15, 0.2) is 21.8 Å². The van der Waals surface area contributed by atoms with E-state index < -0.39 is 0 Å². The van der Waals surface area contributed by atoms with Crippen LogP contribution in [-0.2, 0) is 6.42 Å². The number of hydrogen-bond acceptors (Lipinski definition) is 7. The van der Waals surface area contributed by atoms with E-state index in [4.69, 9.17) is 5.26 Å². The maximum Gasteiger partial charge on any atom is 0.195 e. The van der Waals surface area contributed by atoms with Crippen molar-refractivity contribution in [1.29, 1.82) is 5.26 Å². The first-order valence-electron chi connectivity index (χ1n) is 4.55. The van der Waals surface area contributed by atoms with Gasteiger partial charge in [-0.15, -0.1) is 0 Å². The summed E-state index contributed by atoms with van der Waals surface area (Å²) < 4.78 is 4.96. The lowest BCUT2D eigenvalue weighted by Crippen LogP contribution is -1.88. The van der Waals surface area contributed by atoms with E-state index in [2.05, 4.69) is 19.3 Å². The molecule has 0 bridgehead atoms. The number of nitriles is 1. The van der Waals surface area contributed by atoms with Gasteiger partial charge in [-0.2, -0.15) is 9.64 Å². The van der Waals surface area contributed by atoms with Gasteiger partial charge in [0, 0.05) is 12.6 Å². The first kappa shape index (κ1) is 11.0. The number of nitrogens with zero attached hydrogens (tertiary/aromatic N) is 5. The standard InChI is InChI=1S/C9H7N5S2/c1-2-7-13-9(16-14-7)15-8-11-4-3-6(5-10)12-8/h3-4H,2H2,1H3. The maximum absolute atomic E-state index is 8.70. The van der Waals surface area contributed by atoms with Gasteiger partial charge in [-0.3, -0.25) is 0 Å². The monoisotopic (exact) mass is 249 g/mol. The summed E-state index contributed by atoms with van der Waals surface area (Å²) in [5.74, 6) is 0.823. The highest BCUT2D eigenvalue weighted by Gasteiger charge is 2.07. The molecule has 0 saturated heterocycles. The molecule has 0 radical (unpaired) electrons. The first-order valence-corrected chi connectivity index (χ1v) is 6.14. The Morgan fingerprint density at radius 2 is 2.38 bits per heavy atom. The fourth-order valence-electron chi connectivity index (χ4n) is 0.953. The molecule has 0 saturated carbocycles. The zero-order valence-corrected chi connectivity index (χ0v) is 10.0. The second-order valence-electron chi connectivity index (χ2n) is 2.77. The molecule has 7 heteroatoms. The van der Waals surface area contributed by atoms with Crippen LogP contribution in [0.4, 0.5) is 0 Å². The number of aryl methyl sites for hydroxylation is 1. The summed E-state index contributed by atoms with van der Waals surface area (Å²) in [4.78, 5) is 12.4. The van der Waals surface area contributed by atoms with Gasteiger partial charge in [-0.05, 0) is 29.4 Å². The predicted octanol–water partition coefficient (Wildman–Crippen LogP) is 1.91. The summed E-state index contributed by atoms with van der Waals surface area (Å²) in [5, 5.41) is 9.22. The van der Waals surface area contributed by atoms with Crippen molar-refractivity contribution >= 4 is 23.3 Å². The molecule has 2 rings (SSSR count). The molecule has 5 nitrogen and oxygen atoms in total. The highest BCUT2D eigenvalue weighted by Crippen LogP contribution is 2.25. The largest absolute Gasteiger partial charge is 0.231 e. The minimum atomic E-state index is 0.359. The number of hydrogen-bond donors (Lipinski definition) is 0. The molecule has 0 aliphatic carbocycles. The maximum atomic E-state index is 8.70. The third kappa shape index (κ3) is 2.53. The van der Waals surface area contributed by atoms with Crippen LogP contribution in [0.2, 0.25) is 0 Å². The van der Waals surface area contributed by atoms with Crippen molar-refractivity contribution in [3.05, 3.63) is 23.8 Å². The molecule has 0 amide bonds. The van der Waals surface area contributed by atoms with E-state index in [0.717, 1.165) is 16.6 Å². The Bertz CT molecular complexity index is 531. The Morgan fingerprint density at radius 3 is 3.06 bits per heavy atom. The average Bonchev–Trinajstić information content (AvgIpc) is 2.77. The summed E-state index contributed by atoms with van der Waals surface area (Å²) >= 11 is 2.65. The Labute approximate surface area is 101 Å². The van der Waals surface area contributed by atoms with Crippen LogP contribution in [0.25, 0.3) is 0 Å². The molecule has 2 aromatic heterocycles. The van der Waals surface area contributed by atoms with Crippen LogP contribution in [0, 0.1) is 11.3 Å². The van der Waals surface area contributed by atoms with Gasteiger partial charge in [0.25, 0.3) is 0 Å². The Balaban J connectivity index is 2.17. The summed E-state index contributed by atoms with van der Waals surface area (Å²) in [6, 6.07) is 3.54. The molecule has 0 unspecified atom stereocenters. The molecule has 16 heavy (non-hydrogen) atoms. The molecule has 2 heterocycles. The quantitative estimate of drug-likeness (QED) is 0.773. The minimum absolute atomic E-state index is 0.359. The molecular formula is C9H7N5S2. The molecule has 2 aromatic rings. The highest BCUT2D eigenvalue weighted by atomic mass is 32.2. The topological polar surface area (TPSA) is 75.3 Å². The lowest BCUT2D eigenvalue weighted by Gasteiger charge is -1.94. The van der Waals surface area contributed by atoms with Crippen molar-refractivity contribution in [1.82, 2.24) is 19.3 Å². The van der Waals surface area contributed by atoms with Gasteiger partial charge in [-0.1, -0.05) is 6.92 Å². The summed E-state index contributed by atoms with van der Waals surface area (Å²) in [6.07, 6.45) is 2.38. The predicted molar refractivity (Wildman–Crippen MR) is 60.2 cm³/mol. The van der Waals surface area contributed by atoms with Crippen molar-refractivity contribution < 1.29 is 0 Å². The third-order valence-electron chi connectivity index (χ3n) is 1.69. The second kappa shape index (κ2) is 5.01. The summed E-state index contributed by atoms with van der Waals surface area (Å²) in [5.41, 5.74) is 0.359. The highest BCUT2D eigenvalue weighted by molar-refractivity contribution is 8.00. The van der Waals surface area contributed by atoms with E-state index >= 15 is 0 Å². The minimum Gasteiger partial charge on any atom is -0.231 e. The number of rotatable bonds is 3. The molecule has 0 fully saturated rings. The smallest absolute Gasteiger partial charge is 0.195 e. The molecule has 80 valence electrons. The summed E-state index contributed by atoms with van der Waals surface area (Å²) in [6.45, 7) is 2.00. The van der Waals surface area contributed by atoms with Gasteiger partial charge < -0.3 is 0 Å². The van der Waals surface area contributed by atoms with Gasteiger partial charge in [0.2, 0.25) is 0 Å². The van der Waals surface area contributed by atoms with E-state index in [9.17, 15) is 0 Å². The Morgan fingerprint density at radius 1 is 1.50 bits per heavy atom. The van der Waals surface area contributed by atoms with Gasteiger partial charge in [0.15, 0.2) is 9.50 Å². The molecular weight excluding hydrogens is 242 g/mol. The van der Waals surface area contributed by atoms with Crippen molar-refractivity contribution in [2.45, 2.75) is 22.8 Å². The SMILES string of the molecule is CCc1nsc(Sc2nccc(C#N)n2)n1. The zero-order chi connectivity index (χ0) is 11.4. The van der Waals surface area contributed by atoms with Gasteiger partial charge in [0.1, 0.15) is 17.6 Å². The Kier molecular flexibility index (Phi) is 3.44. The second-order valence-corrected chi connectivity index (χ2v) is 4.73. The zero-order valence-electron chi connectivity index (χ0n) is 8.41. The van der Waals surface area contributed by atoms with Crippen molar-refractivity contribution in [2.75, 3.05) is 0 Å². The molecule has 0 aromatic carbocycles. The Hall–Kier alpha value is -1.52. The number of aromatic nitrogens is 4. The van der Waals surface area contributed by atoms with Crippen molar-refractivity contribution in [3.8, 4) is 6.07 Å². The van der Waals surface area contributed by atoms with Crippen LogP contribution in [0.5, 0.6) is 0 Å². The molecule has 0 N–H and O–H groups in total. The van der Waals surface area contributed by atoms with Crippen LogP contribution < -0.4 is 0 Å². The molecule has 0 aliphatic rings. The van der Waals surface area contributed by atoms with Crippen LogP contribution >= 0.6 is 23.3 Å². The fraction of sp³-hybridized carbons (Fsp3) is 0.222. The van der Waals surface area contributed by atoms with Crippen molar-refractivity contribution in [2.24, 2.45) is 0 Å². The van der Waals surface area contributed by atoms with Crippen LogP contribution in [0.1, 0.15) is 18.4 Å². The van der Waals surface area contributed by atoms with Gasteiger partial charge in [-0.25, -0.2) is 15.0 Å². The average molecular weight is 249 g/mol. The molecule has 0 aliphatic heterocycles. The summed E-state index contributed by atoms with van der Waals surface area (Å²) in [7, 11) is 0. The molecule has 0 spiro atoms. The van der Waals surface area contributed by atoms with Gasteiger partial charge in [0.05, 0.1) is 0 Å². The van der Waals surface area contributed by atoms with Crippen LogP contribution in [0.3, 0.4) is 0 Å². The van der Waals surface area contributed by atoms with E-state index in [1.165, 1.54) is 23.3 Å². The van der Waals surface area contributed by atoms with Gasteiger partial charge >= 0.3 is 0 Å². The normalized spacial score (nSPS) is 10.0. The fourth-order valence-corrected chi connectivity index (χ4v) is 2.50. The third-order valence-corrected chi connectivity index (χ3v) is 3.36. The lowest BCUT2D eigenvalue weighted by molar-refractivity contribution is 0.941. The lowest BCUT2D eigenvalue weighted by atomic mass is 10.5. The van der Waals surface area contributed by atoms with E-state index in [0.29, 0.717) is 10.9 Å². The molecule has 0 atom stereocenters. The van der Waals surface area contributed by atoms with E-state index in [-0.39, 0.29) is 0 Å².